The van der Waals surface area contributed by atoms with E-state index >= 15 is 0 Å². The Morgan fingerprint density at radius 2 is 2.50 bits per heavy atom. The summed E-state index contributed by atoms with van der Waals surface area (Å²) in [4.78, 5) is 12.4. The first-order valence-corrected chi connectivity index (χ1v) is 7.23. The van der Waals surface area contributed by atoms with Gasteiger partial charge in [0.05, 0.1) is 25.3 Å². The second-order valence-electron chi connectivity index (χ2n) is 5.99. The fraction of sp³-hybridized carbons (Fsp3) is 0.643. The number of hydrogen-bond donors (Lipinski definition) is 4. The van der Waals surface area contributed by atoms with Crippen LogP contribution in [-0.2, 0) is 9.53 Å². The third-order valence-corrected chi connectivity index (χ3v) is 4.77. The van der Waals surface area contributed by atoms with Crippen LogP contribution in [0.15, 0.2) is 22.9 Å². The lowest BCUT2D eigenvalue weighted by molar-refractivity contribution is -0.119. The summed E-state index contributed by atoms with van der Waals surface area (Å²) in [5.41, 5.74) is 9.28. The van der Waals surface area contributed by atoms with Gasteiger partial charge in [-0.1, -0.05) is 11.6 Å². The molecule has 2 fully saturated rings. The van der Waals surface area contributed by atoms with Crippen molar-refractivity contribution in [1.29, 1.82) is 0 Å². The zero-order chi connectivity index (χ0) is 13.7. The van der Waals surface area contributed by atoms with E-state index in [4.69, 9.17) is 4.74 Å². The first-order valence-electron chi connectivity index (χ1n) is 7.23. The first-order chi connectivity index (χ1) is 9.78. The molecule has 0 aromatic heterocycles. The molecule has 6 nitrogen and oxygen atoms in total. The SMILES string of the molecule is O=C(NC(CO)C1CCOC1)C1=C2C=C3CC3C2NN1. The molecule has 20 heavy (non-hydrogen) atoms. The lowest BCUT2D eigenvalue weighted by Gasteiger charge is -2.21. The minimum atomic E-state index is -0.234. The third-order valence-electron chi connectivity index (χ3n) is 4.77. The summed E-state index contributed by atoms with van der Waals surface area (Å²) in [5.74, 6) is 0.647. The highest BCUT2D eigenvalue weighted by Crippen LogP contribution is 2.50. The van der Waals surface area contributed by atoms with Gasteiger partial charge < -0.3 is 20.6 Å². The van der Waals surface area contributed by atoms with E-state index in [2.05, 4.69) is 22.2 Å². The van der Waals surface area contributed by atoms with E-state index in [-0.39, 0.29) is 30.5 Å². The molecule has 4 aliphatic rings. The summed E-state index contributed by atoms with van der Waals surface area (Å²) < 4.78 is 5.32. The van der Waals surface area contributed by atoms with Gasteiger partial charge in [0, 0.05) is 24.0 Å². The van der Waals surface area contributed by atoms with Crippen LogP contribution in [0.4, 0.5) is 0 Å². The Kier molecular flexibility index (Phi) is 2.83. The lowest BCUT2D eigenvalue weighted by atomic mass is 9.99. The van der Waals surface area contributed by atoms with Crippen LogP contribution in [0.2, 0.25) is 0 Å². The van der Waals surface area contributed by atoms with Gasteiger partial charge in [-0.2, -0.15) is 0 Å². The van der Waals surface area contributed by atoms with Gasteiger partial charge >= 0.3 is 0 Å². The van der Waals surface area contributed by atoms with Crippen LogP contribution in [0.1, 0.15) is 12.8 Å². The molecule has 4 atom stereocenters. The van der Waals surface area contributed by atoms with Crippen LogP contribution in [-0.4, -0.2) is 42.9 Å². The van der Waals surface area contributed by atoms with Crippen molar-refractivity contribution in [1.82, 2.24) is 16.2 Å². The van der Waals surface area contributed by atoms with Crippen molar-refractivity contribution in [3.63, 3.8) is 0 Å². The lowest BCUT2D eigenvalue weighted by Crippen LogP contribution is -2.46. The van der Waals surface area contributed by atoms with Crippen molar-refractivity contribution in [2.24, 2.45) is 11.8 Å². The summed E-state index contributed by atoms with van der Waals surface area (Å²) in [7, 11) is 0. The molecule has 0 aromatic rings. The Morgan fingerprint density at radius 3 is 3.25 bits per heavy atom. The molecule has 0 aromatic carbocycles. The maximum atomic E-state index is 12.4. The number of aliphatic hydroxyl groups excluding tert-OH is 1. The normalized spacial score (nSPS) is 35.2. The average molecular weight is 277 g/mol. The van der Waals surface area contributed by atoms with E-state index in [1.807, 2.05) is 0 Å². The van der Waals surface area contributed by atoms with Gasteiger partial charge in [-0.05, 0) is 12.8 Å². The van der Waals surface area contributed by atoms with Gasteiger partial charge in [-0.15, -0.1) is 0 Å². The maximum Gasteiger partial charge on any atom is 0.269 e. The summed E-state index contributed by atoms with van der Waals surface area (Å²) >= 11 is 0. The van der Waals surface area contributed by atoms with Gasteiger partial charge in [0.25, 0.3) is 5.91 Å². The minimum absolute atomic E-state index is 0.0526. The summed E-state index contributed by atoms with van der Waals surface area (Å²) in [6.07, 6.45) is 4.16. The van der Waals surface area contributed by atoms with Crippen molar-refractivity contribution >= 4 is 5.91 Å². The number of aliphatic hydroxyl groups is 1. The number of rotatable bonds is 4. The fourth-order valence-corrected chi connectivity index (χ4v) is 3.44. The van der Waals surface area contributed by atoms with Crippen LogP contribution < -0.4 is 16.2 Å². The molecule has 0 radical (unpaired) electrons. The molecule has 4 unspecified atom stereocenters. The largest absolute Gasteiger partial charge is 0.394 e. The number of amides is 1. The van der Waals surface area contributed by atoms with Gasteiger partial charge in [-0.25, -0.2) is 5.43 Å². The number of nitrogens with one attached hydrogen (secondary N) is 3. The Hall–Kier alpha value is -1.37. The van der Waals surface area contributed by atoms with Crippen LogP contribution in [0, 0.1) is 11.8 Å². The molecular formula is C14H19N3O3. The Balaban J connectivity index is 1.47. The third kappa shape index (κ3) is 1.87. The number of carbonyl (C=O) groups excluding carboxylic acids is 1. The van der Waals surface area contributed by atoms with Crippen molar-refractivity contribution in [3.8, 4) is 0 Å². The molecule has 0 spiro atoms. The van der Waals surface area contributed by atoms with Crippen LogP contribution in [0.5, 0.6) is 0 Å². The summed E-state index contributed by atoms with van der Waals surface area (Å²) in [5, 5.41) is 12.4. The smallest absolute Gasteiger partial charge is 0.269 e. The van der Waals surface area contributed by atoms with Crippen molar-refractivity contribution in [2.75, 3.05) is 19.8 Å². The second kappa shape index (κ2) is 4.58. The molecule has 1 saturated carbocycles. The minimum Gasteiger partial charge on any atom is -0.394 e. The molecule has 4 rings (SSSR count). The summed E-state index contributed by atoms with van der Waals surface area (Å²) in [6.45, 7) is 1.27. The predicted molar refractivity (Wildman–Crippen MR) is 71.2 cm³/mol. The number of hydrogen-bond acceptors (Lipinski definition) is 5. The van der Waals surface area contributed by atoms with E-state index in [0.29, 0.717) is 24.8 Å². The Bertz CT molecular complexity index is 508. The van der Waals surface area contributed by atoms with Crippen LogP contribution in [0.25, 0.3) is 0 Å². The maximum absolute atomic E-state index is 12.4. The molecule has 2 aliphatic carbocycles. The molecule has 2 heterocycles. The highest BCUT2D eigenvalue weighted by atomic mass is 16.5. The molecule has 6 heteroatoms. The van der Waals surface area contributed by atoms with Crippen molar-refractivity contribution in [2.45, 2.75) is 24.9 Å². The van der Waals surface area contributed by atoms with Crippen molar-refractivity contribution < 1.29 is 14.6 Å². The predicted octanol–water partition coefficient (Wildman–Crippen LogP) is -0.810. The van der Waals surface area contributed by atoms with Crippen LogP contribution in [0.3, 0.4) is 0 Å². The van der Waals surface area contributed by atoms with E-state index in [1.165, 1.54) is 5.57 Å². The molecule has 0 bridgehead atoms. The van der Waals surface area contributed by atoms with Crippen molar-refractivity contribution in [3.05, 3.63) is 22.9 Å². The first kappa shape index (κ1) is 12.4. The number of carbonyl (C=O) groups is 1. The second-order valence-corrected chi connectivity index (χ2v) is 5.99. The van der Waals surface area contributed by atoms with Crippen LogP contribution >= 0.6 is 0 Å². The quantitative estimate of drug-likeness (QED) is 0.540. The number of fused-ring (bicyclic) bond motifs is 3. The average Bonchev–Trinajstić information content (AvgIpc) is 2.91. The zero-order valence-corrected chi connectivity index (χ0v) is 11.2. The molecule has 2 aliphatic heterocycles. The van der Waals surface area contributed by atoms with Gasteiger partial charge in [0.1, 0.15) is 5.70 Å². The zero-order valence-electron chi connectivity index (χ0n) is 11.2. The monoisotopic (exact) mass is 277 g/mol. The van der Waals surface area contributed by atoms with E-state index in [1.54, 1.807) is 0 Å². The Labute approximate surface area is 117 Å². The molecule has 4 N–H and O–H groups in total. The molecule has 1 saturated heterocycles. The van der Waals surface area contributed by atoms with E-state index in [9.17, 15) is 9.90 Å². The standard InChI is InChI=1S/C14H19N3O3/c18-5-11(7-1-2-20-6-7)15-14(19)13-10-4-8-3-9(8)12(10)16-17-13/h4,7,9,11-12,16-18H,1-3,5-6H2,(H,15,19). The molecular weight excluding hydrogens is 258 g/mol. The number of ether oxygens (including phenoxy) is 1. The molecule has 108 valence electrons. The number of hydrazine groups is 1. The highest BCUT2D eigenvalue weighted by Gasteiger charge is 2.48. The topological polar surface area (TPSA) is 82.6 Å². The van der Waals surface area contributed by atoms with E-state index in [0.717, 1.165) is 18.4 Å². The highest BCUT2D eigenvalue weighted by molar-refractivity contribution is 5.95. The summed E-state index contributed by atoms with van der Waals surface area (Å²) in [6, 6.07) is 0.0238. The van der Waals surface area contributed by atoms with E-state index < -0.39 is 0 Å². The van der Waals surface area contributed by atoms with Gasteiger partial charge in [0.2, 0.25) is 0 Å². The Morgan fingerprint density at radius 1 is 1.60 bits per heavy atom. The fourth-order valence-electron chi connectivity index (χ4n) is 3.44. The van der Waals surface area contributed by atoms with Gasteiger partial charge in [-0.3, -0.25) is 4.79 Å². The van der Waals surface area contributed by atoms with Gasteiger partial charge in [0.15, 0.2) is 0 Å². The molecule has 1 amide bonds.